The van der Waals surface area contributed by atoms with E-state index in [1.54, 1.807) is 30.3 Å². The van der Waals surface area contributed by atoms with Gasteiger partial charge in [-0.1, -0.05) is 24.3 Å². The van der Waals surface area contributed by atoms with Crippen LogP contribution in [0, 0.1) is 5.82 Å². The summed E-state index contributed by atoms with van der Waals surface area (Å²) in [6.45, 7) is -0.407. The average Bonchev–Trinajstić information content (AvgIpc) is 2.71. The minimum atomic E-state index is -0.658. The average molecular weight is 389 g/mol. The van der Waals surface area contributed by atoms with E-state index in [0.29, 0.717) is 11.3 Å². The molecule has 0 unspecified atom stereocenters. The van der Waals surface area contributed by atoms with Crippen LogP contribution in [0.15, 0.2) is 48.5 Å². The fourth-order valence-corrected chi connectivity index (χ4v) is 2.16. The Morgan fingerprint density at radius 3 is 2.29 bits per heavy atom. The molecule has 8 nitrogen and oxygen atoms in total. The van der Waals surface area contributed by atoms with Gasteiger partial charge >= 0.3 is 0 Å². The smallest absolute Gasteiger partial charge is 0.276 e. The number of hydrazine groups is 1. The molecule has 0 aliphatic heterocycles. The first-order valence-electron chi connectivity index (χ1n) is 8.37. The van der Waals surface area contributed by atoms with Crippen molar-refractivity contribution in [2.45, 2.75) is 6.42 Å². The van der Waals surface area contributed by atoms with Gasteiger partial charge in [-0.2, -0.15) is 0 Å². The normalized spacial score (nSPS) is 9.93. The van der Waals surface area contributed by atoms with Crippen molar-refractivity contribution in [3.8, 4) is 11.5 Å². The third-order valence-electron chi connectivity index (χ3n) is 3.53. The molecule has 0 aromatic heterocycles. The summed E-state index contributed by atoms with van der Waals surface area (Å²) in [7, 11) is 1.46. The number of hydrogen-bond acceptors (Lipinski definition) is 5. The fourth-order valence-electron chi connectivity index (χ4n) is 2.16. The number of methoxy groups -OCH3 is 1. The predicted molar refractivity (Wildman–Crippen MR) is 98.1 cm³/mol. The van der Waals surface area contributed by atoms with Crippen LogP contribution in [0.2, 0.25) is 0 Å². The molecule has 2 rings (SSSR count). The minimum Gasteiger partial charge on any atom is -0.496 e. The van der Waals surface area contributed by atoms with E-state index in [1.165, 1.54) is 25.3 Å². The zero-order chi connectivity index (χ0) is 20.4. The lowest BCUT2D eigenvalue weighted by Gasteiger charge is -2.10. The van der Waals surface area contributed by atoms with Gasteiger partial charge in [-0.15, -0.1) is 0 Å². The number of ether oxygens (including phenoxy) is 2. The highest BCUT2D eigenvalue weighted by atomic mass is 19.1. The van der Waals surface area contributed by atoms with Crippen molar-refractivity contribution in [2.75, 3.05) is 20.3 Å². The molecule has 0 bridgehead atoms. The summed E-state index contributed by atoms with van der Waals surface area (Å²) in [4.78, 5) is 35.4. The maximum Gasteiger partial charge on any atom is 0.276 e. The second-order valence-electron chi connectivity index (χ2n) is 5.52. The summed E-state index contributed by atoms with van der Waals surface area (Å²) in [6, 6.07) is 12.3. The molecule has 3 amide bonds. The molecule has 0 radical (unpaired) electrons. The highest BCUT2D eigenvalue weighted by molar-refractivity contribution is 5.97. The fraction of sp³-hybridized carbons (Fsp3) is 0.211. The number of nitrogens with one attached hydrogen (secondary N) is 3. The molecule has 2 aromatic carbocycles. The van der Waals surface area contributed by atoms with Crippen molar-refractivity contribution in [1.82, 2.24) is 16.2 Å². The summed E-state index contributed by atoms with van der Waals surface area (Å²) < 4.78 is 23.5. The first-order chi connectivity index (χ1) is 13.5. The topological polar surface area (TPSA) is 106 Å². The van der Waals surface area contributed by atoms with Gasteiger partial charge in [0, 0.05) is 13.0 Å². The molecular formula is C19H20FN3O5. The largest absolute Gasteiger partial charge is 0.496 e. The second kappa shape index (κ2) is 10.5. The van der Waals surface area contributed by atoms with E-state index in [2.05, 4.69) is 16.2 Å². The molecule has 0 saturated carbocycles. The van der Waals surface area contributed by atoms with Gasteiger partial charge in [0.05, 0.1) is 12.7 Å². The summed E-state index contributed by atoms with van der Waals surface area (Å²) in [6.07, 6.45) is -0.0602. The maximum atomic E-state index is 13.4. The Morgan fingerprint density at radius 1 is 0.929 bits per heavy atom. The number of benzene rings is 2. The van der Waals surface area contributed by atoms with E-state index in [9.17, 15) is 18.8 Å². The first-order valence-corrected chi connectivity index (χ1v) is 8.37. The molecule has 2 aromatic rings. The number of rotatable bonds is 8. The molecule has 0 fully saturated rings. The molecule has 0 spiro atoms. The third-order valence-corrected chi connectivity index (χ3v) is 3.53. The molecular weight excluding hydrogens is 369 g/mol. The van der Waals surface area contributed by atoms with Crippen LogP contribution in [-0.2, 0) is 9.59 Å². The van der Waals surface area contributed by atoms with Crippen LogP contribution < -0.4 is 25.6 Å². The Morgan fingerprint density at radius 2 is 1.57 bits per heavy atom. The highest BCUT2D eigenvalue weighted by Gasteiger charge is 2.12. The van der Waals surface area contributed by atoms with Crippen LogP contribution in [-0.4, -0.2) is 38.0 Å². The summed E-state index contributed by atoms with van der Waals surface area (Å²) in [5, 5.41) is 2.59. The monoisotopic (exact) mass is 389 g/mol. The van der Waals surface area contributed by atoms with Crippen molar-refractivity contribution in [3.63, 3.8) is 0 Å². The zero-order valence-electron chi connectivity index (χ0n) is 15.2. The van der Waals surface area contributed by atoms with Crippen molar-refractivity contribution in [1.29, 1.82) is 0 Å². The van der Waals surface area contributed by atoms with Crippen LogP contribution >= 0.6 is 0 Å². The molecule has 3 N–H and O–H groups in total. The number of carbonyl (C=O) groups excluding carboxylic acids is 3. The Hall–Kier alpha value is -3.62. The molecule has 0 aliphatic rings. The molecule has 0 aliphatic carbocycles. The van der Waals surface area contributed by atoms with Crippen LogP contribution in [0.4, 0.5) is 4.39 Å². The Labute approximate surface area is 161 Å². The van der Waals surface area contributed by atoms with E-state index in [0.717, 1.165) is 0 Å². The SMILES string of the molecule is COc1ccccc1C(=O)NCCC(=O)NNC(=O)COc1ccccc1F. The van der Waals surface area contributed by atoms with Crippen molar-refractivity contribution >= 4 is 17.7 Å². The molecule has 0 atom stereocenters. The summed E-state index contributed by atoms with van der Waals surface area (Å²) >= 11 is 0. The number of halogens is 1. The van der Waals surface area contributed by atoms with Gasteiger partial charge in [0.25, 0.3) is 11.8 Å². The van der Waals surface area contributed by atoms with Gasteiger partial charge in [0.2, 0.25) is 5.91 Å². The van der Waals surface area contributed by atoms with Gasteiger partial charge in [-0.05, 0) is 24.3 Å². The van der Waals surface area contributed by atoms with Gasteiger partial charge in [0.15, 0.2) is 18.2 Å². The third kappa shape index (κ3) is 6.27. The lowest BCUT2D eigenvalue weighted by Crippen LogP contribution is -2.44. The summed E-state index contributed by atoms with van der Waals surface area (Å²) in [5.74, 6) is -1.79. The molecule has 148 valence electrons. The predicted octanol–water partition coefficient (Wildman–Crippen LogP) is 1.18. The van der Waals surface area contributed by atoms with E-state index in [1.807, 2.05) is 0 Å². The minimum absolute atomic E-state index is 0.0598. The van der Waals surface area contributed by atoms with Crippen LogP contribution in [0.3, 0.4) is 0 Å². The van der Waals surface area contributed by atoms with Crippen molar-refractivity contribution < 1.29 is 28.2 Å². The number of carbonyl (C=O) groups is 3. The summed E-state index contributed by atoms with van der Waals surface area (Å²) in [5.41, 5.74) is 4.67. The standard InChI is InChI=1S/C19H20FN3O5/c1-27-15-8-4-2-6-13(15)19(26)21-11-10-17(24)22-23-18(25)12-28-16-9-5-3-7-14(16)20/h2-9H,10-12H2,1H3,(H,21,26)(H,22,24)(H,23,25). The lowest BCUT2D eigenvalue weighted by molar-refractivity contribution is -0.130. The van der Waals surface area contributed by atoms with Crippen molar-refractivity contribution in [3.05, 3.63) is 59.9 Å². The van der Waals surface area contributed by atoms with Crippen molar-refractivity contribution in [2.24, 2.45) is 0 Å². The molecule has 9 heteroatoms. The Balaban J connectivity index is 1.66. The Bertz CT molecular complexity index is 844. The number of para-hydroxylation sites is 2. The van der Waals surface area contributed by atoms with E-state index >= 15 is 0 Å². The highest BCUT2D eigenvalue weighted by Crippen LogP contribution is 2.16. The Kier molecular flexibility index (Phi) is 7.77. The zero-order valence-corrected chi connectivity index (χ0v) is 15.2. The van der Waals surface area contributed by atoms with Gasteiger partial charge in [0.1, 0.15) is 5.75 Å². The maximum absolute atomic E-state index is 13.4. The van der Waals surface area contributed by atoms with Gasteiger partial charge in [-0.25, -0.2) is 4.39 Å². The molecule has 28 heavy (non-hydrogen) atoms. The van der Waals surface area contributed by atoms with E-state index in [-0.39, 0.29) is 24.6 Å². The number of amides is 3. The second-order valence-corrected chi connectivity index (χ2v) is 5.52. The van der Waals surface area contributed by atoms with Gasteiger partial charge in [-0.3, -0.25) is 25.2 Å². The van der Waals surface area contributed by atoms with Crippen LogP contribution in [0.5, 0.6) is 11.5 Å². The number of hydrogen-bond donors (Lipinski definition) is 3. The quantitative estimate of drug-likeness (QED) is 0.588. The van der Waals surface area contributed by atoms with Crippen LogP contribution in [0.1, 0.15) is 16.8 Å². The lowest BCUT2D eigenvalue weighted by atomic mass is 10.2. The van der Waals surface area contributed by atoms with E-state index in [4.69, 9.17) is 9.47 Å². The first kappa shape index (κ1) is 20.7. The van der Waals surface area contributed by atoms with Crippen LogP contribution in [0.25, 0.3) is 0 Å². The van der Waals surface area contributed by atoms with Gasteiger partial charge < -0.3 is 14.8 Å². The molecule has 0 saturated heterocycles. The van der Waals surface area contributed by atoms with E-state index < -0.39 is 24.2 Å². The molecule has 0 heterocycles.